The van der Waals surface area contributed by atoms with E-state index in [1.165, 1.54) is 17.1 Å². The first-order valence-corrected chi connectivity index (χ1v) is 8.65. The Morgan fingerprint density at radius 2 is 2.13 bits per heavy atom. The number of amides is 2. The largest absolute Gasteiger partial charge is 0.324 e. The van der Waals surface area contributed by atoms with Crippen LogP contribution in [0.4, 0.5) is 9.93 Å². The Morgan fingerprint density at radius 1 is 1.35 bits per heavy atom. The van der Waals surface area contributed by atoms with Gasteiger partial charge in [-0.25, -0.2) is 9.78 Å². The molecular formula is C16H21N5OS. The summed E-state index contributed by atoms with van der Waals surface area (Å²) in [4.78, 5) is 22.7. The van der Waals surface area contributed by atoms with Gasteiger partial charge in [0.15, 0.2) is 0 Å². The summed E-state index contributed by atoms with van der Waals surface area (Å²) in [7, 11) is 0. The topological polar surface area (TPSA) is 71.0 Å². The van der Waals surface area contributed by atoms with E-state index < -0.39 is 0 Å². The number of nitrogens with zero attached hydrogens (tertiary/aromatic N) is 4. The number of hydrogen-bond acceptors (Lipinski definition) is 5. The summed E-state index contributed by atoms with van der Waals surface area (Å²) in [6, 6.07) is 4.13. The van der Waals surface area contributed by atoms with E-state index in [1.54, 1.807) is 0 Å². The zero-order chi connectivity index (χ0) is 16.2. The van der Waals surface area contributed by atoms with E-state index in [2.05, 4.69) is 31.8 Å². The molecule has 0 bridgehead atoms. The molecule has 3 heterocycles. The van der Waals surface area contributed by atoms with Crippen LogP contribution in [0.3, 0.4) is 0 Å². The molecule has 2 aromatic rings. The lowest BCUT2D eigenvalue weighted by Gasteiger charge is -2.31. The third kappa shape index (κ3) is 4.25. The molecule has 0 spiro atoms. The SMILES string of the molecule is Cc1ccc(CC2CCN(C(=O)Nc3nc(C)ns3)CC2)nc1. The number of hydrogen-bond donors (Lipinski definition) is 1. The minimum atomic E-state index is -0.0759. The monoisotopic (exact) mass is 331 g/mol. The van der Waals surface area contributed by atoms with Gasteiger partial charge in [0.25, 0.3) is 0 Å². The van der Waals surface area contributed by atoms with Crippen molar-refractivity contribution >= 4 is 22.7 Å². The molecule has 6 nitrogen and oxygen atoms in total. The number of carbonyl (C=O) groups is 1. The van der Waals surface area contributed by atoms with Gasteiger partial charge in [-0.3, -0.25) is 10.3 Å². The molecule has 0 radical (unpaired) electrons. The van der Waals surface area contributed by atoms with Gasteiger partial charge in [-0.05, 0) is 50.7 Å². The molecule has 2 amide bonds. The predicted octanol–water partition coefficient (Wildman–Crippen LogP) is 3.04. The number of piperidine rings is 1. The molecule has 1 aliphatic heterocycles. The maximum atomic E-state index is 12.2. The first kappa shape index (κ1) is 15.9. The second-order valence-electron chi connectivity index (χ2n) is 6.04. The highest BCUT2D eigenvalue weighted by atomic mass is 32.1. The van der Waals surface area contributed by atoms with Gasteiger partial charge in [0, 0.05) is 36.5 Å². The Balaban J connectivity index is 1.48. The summed E-state index contributed by atoms with van der Waals surface area (Å²) in [6.07, 6.45) is 4.93. The predicted molar refractivity (Wildman–Crippen MR) is 90.6 cm³/mol. The molecule has 0 aliphatic carbocycles. The van der Waals surface area contributed by atoms with Crippen LogP contribution < -0.4 is 5.32 Å². The Hall–Kier alpha value is -2.02. The zero-order valence-corrected chi connectivity index (χ0v) is 14.3. The van der Waals surface area contributed by atoms with Gasteiger partial charge in [0.2, 0.25) is 5.13 Å². The summed E-state index contributed by atoms with van der Waals surface area (Å²) in [5.41, 5.74) is 2.33. The first-order valence-electron chi connectivity index (χ1n) is 7.88. The summed E-state index contributed by atoms with van der Waals surface area (Å²) >= 11 is 1.22. The zero-order valence-electron chi connectivity index (χ0n) is 13.5. The molecule has 0 unspecified atom stereocenters. The van der Waals surface area contributed by atoms with Crippen LogP contribution in [0.2, 0.25) is 0 Å². The van der Waals surface area contributed by atoms with Gasteiger partial charge in [0.05, 0.1) is 0 Å². The van der Waals surface area contributed by atoms with Gasteiger partial charge in [0.1, 0.15) is 5.82 Å². The summed E-state index contributed by atoms with van der Waals surface area (Å²) in [6.45, 7) is 5.42. The minimum absolute atomic E-state index is 0.0759. The maximum absolute atomic E-state index is 12.2. The number of anilines is 1. The molecule has 1 saturated heterocycles. The molecule has 122 valence electrons. The molecule has 1 N–H and O–H groups in total. The number of carbonyl (C=O) groups excluding carboxylic acids is 1. The van der Waals surface area contributed by atoms with Crippen molar-refractivity contribution < 1.29 is 4.79 Å². The molecule has 0 atom stereocenters. The fraction of sp³-hybridized carbons (Fsp3) is 0.500. The number of rotatable bonds is 3. The molecular weight excluding hydrogens is 310 g/mol. The summed E-state index contributed by atoms with van der Waals surface area (Å²) in [5, 5.41) is 3.39. The quantitative estimate of drug-likeness (QED) is 0.938. The summed E-state index contributed by atoms with van der Waals surface area (Å²) in [5.74, 6) is 1.28. The number of nitrogens with one attached hydrogen (secondary N) is 1. The van der Waals surface area contributed by atoms with Gasteiger partial charge in [-0.15, -0.1) is 0 Å². The lowest BCUT2D eigenvalue weighted by atomic mass is 9.92. The number of aromatic nitrogens is 3. The van der Waals surface area contributed by atoms with Crippen molar-refractivity contribution in [2.24, 2.45) is 5.92 Å². The van der Waals surface area contributed by atoms with Crippen LogP contribution in [0.1, 0.15) is 29.9 Å². The molecule has 2 aromatic heterocycles. The summed E-state index contributed by atoms with van der Waals surface area (Å²) < 4.78 is 4.07. The normalized spacial score (nSPS) is 15.7. The van der Waals surface area contributed by atoms with Crippen LogP contribution in [0.25, 0.3) is 0 Å². The van der Waals surface area contributed by atoms with Crippen molar-refractivity contribution in [1.29, 1.82) is 0 Å². The Labute approximate surface area is 140 Å². The molecule has 7 heteroatoms. The van der Waals surface area contributed by atoms with E-state index in [-0.39, 0.29) is 6.03 Å². The standard InChI is InChI=1S/C16H21N5OS/c1-11-3-4-14(17-10-11)9-13-5-7-21(8-6-13)16(22)19-15-18-12(2)20-23-15/h3-4,10,13H,5-9H2,1-2H3,(H,18,19,20,22). The minimum Gasteiger partial charge on any atom is -0.324 e. The highest BCUT2D eigenvalue weighted by Crippen LogP contribution is 2.22. The smallest absolute Gasteiger partial charge is 0.323 e. The highest BCUT2D eigenvalue weighted by Gasteiger charge is 2.23. The van der Waals surface area contributed by atoms with Crippen molar-refractivity contribution in [3.63, 3.8) is 0 Å². The molecule has 23 heavy (non-hydrogen) atoms. The Morgan fingerprint density at radius 3 is 2.74 bits per heavy atom. The maximum Gasteiger partial charge on any atom is 0.323 e. The van der Waals surface area contributed by atoms with Crippen LogP contribution in [0, 0.1) is 19.8 Å². The fourth-order valence-corrected chi connectivity index (χ4v) is 3.34. The van der Waals surface area contributed by atoms with Crippen molar-refractivity contribution in [2.45, 2.75) is 33.1 Å². The van der Waals surface area contributed by atoms with Crippen molar-refractivity contribution in [1.82, 2.24) is 19.2 Å². The van der Waals surface area contributed by atoms with E-state index in [0.29, 0.717) is 16.9 Å². The average molecular weight is 331 g/mol. The molecule has 3 rings (SSSR count). The van der Waals surface area contributed by atoms with Gasteiger partial charge >= 0.3 is 6.03 Å². The van der Waals surface area contributed by atoms with Crippen LogP contribution in [-0.2, 0) is 6.42 Å². The second kappa shape index (κ2) is 7.04. The lowest BCUT2D eigenvalue weighted by molar-refractivity contribution is 0.182. The van der Waals surface area contributed by atoms with Crippen LogP contribution in [0.5, 0.6) is 0 Å². The van der Waals surface area contributed by atoms with E-state index in [0.717, 1.165) is 38.0 Å². The average Bonchev–Trinajstić information content (AvgIpc) is 2.95. The van der Waals surface area contributed by atoms with Crippen LogP contribution in [0.15, 0.2) is 18.3 Å². The third-order valence-corrected chi connectivity index (χ3v) is 4.84. The first-order chi connectivity index (χ1) is 11.1. The number of aryl methyl sites for hydroxylation is 2. The van der Waals surface area contributed by atoms with Crippen molar-refractivity contribution in [3.05, 3.63) is 35.4 Å². The van der Waals surface area contributed by atoms with Gasteiger partial charge in [-0.1, -0.05) is 6.07 Å². The van der Waals surface area contributed by atoms with E-state index >= 15 is 0 Å². The molecule has 1 fully saturated rings. The Kier molecular flexibility index (Phi) is 4.85. The number of urea groups is 1. The van der Waals surface area contributed by atoms with E-state index in [1.807, 2.05) is 24.9 Å². The number of likely N-dealkylation sites (tertiary alicyclic amines) is 1. The van der Waals surface area contributed by atoms with Crippen molar-refractivity contribution in [3.8, 4) is 0 Å². The molecule has 0 saturated carbocycles. The van der Waals surface area contributed by atoms with E-state index in [4.69, 9.17) is 0 Å². The molecule has 1 aliphatic rings. The fourth-order valence-electron chi connectivity index (χ4n) is 2.77. The van der Waals surface area contributed by atoms with Crippen LogP contribution >= 0.6 is 11.5 Å². The Bertz CT molecular complexity index is 661. The van der Waals surface area contributed by atoms with Crippen molar-refractivity contribution in [2.75, 3.05) is 18.4 Å². The molecule has 0 aromatic carbocycles. The lowest BCUT2D eigenvalue weighted by Crippen LogP contribution is -2.41. The number of pyridine rings is 1. The van der Waals surface area contributed by atoms with Gasteiger partial charge in [-0.2, -0.15) is 4.37 Å². The van der Waals surface area contributed by atoms with E-state index in [9.17, 15) is 4.79 Å². The van der Waals surface area contributed by atoms with Crippen LogP contribution in [-0.4, -0.2) is 38.4 Å². The highest BCUT2D eigenvalue weighted by molar-refractivity contribution is 7.09. The van der Waals surface area contributed by atoms with Gasteiger partial charge < -0.3 is 4.90 Å². The second-order valence-corrected chi connectivity index (χ2v) is 6.79. The third-order valence-electron chi connectivity index (χ3n) is 4.11.